The van der Waals surface area contributed by atoms with Crippen LogP contribution in [0.5, 0.6) is 17.2 Å². The van der Waals surface area contributed by atoms with Crippen molar-refractivity contribution in [2.75, 3.05) is 58.4 Å². The third kappa shape index (κ3) is 9.70. The molecular formula is C46H45ClN8O7. The van der Waals surface area contributed by atoms with Gasteiger partial charge < -0.3 is 39.9 Å². The number of ketones is 1. The fourth-order valence-electron chi connectivity index (χ4n) is 7.47. The van der Waals surface area contributed by atoms with E-state index in [9.17, 15) is 14.4 Å². The number of likely N-dealkylation sites (tertiary alicyclic amines) is 1. The molecule has 62 heavy (non-hydrogen) atoms. The van der Waals surface area contributed by atoms with Crippen molar-refractivity contribution in [1.29, 1.82) is 0 Å². The second kappa shape index (κ2) is 19.3. The summed E-state index contributed by atoms with van der Waals surface area (Å²) in [6, 6.07) is 28.2. The fourth-order valence-corrected chi connectivity index (χ4v) is 7.74. The average Bonchev–Trinajstić information content (AvgIpc) is 3.89. The van der Waals surface area contributed by atoms with Crippen LogP contribution in [0.2, 0.25) is 5.02 Å². The minimum atomic E-state index is -0.297. The third-order valence-corrected chi connectivity index (χ3v) is 10.9. The van der Waals surface area contributed by atoms with Crippen LogP contribution in [0, 0.1) is 0 Å². The van der Waals surface area contributed by atoms with Crippen molar-refractivity contribution in [2.24, 2.45) is 0 Å². The van der Waals surface area contributed by atoms with E-state index < -0.39 is 0 Å². The number of nitrogens with one attached hydrogen (secondary N) is 2. The number of hydrogen-bond acceptors (Lipinski definition) is 11. The fraction of sp³-hybridized carbons (Fsp3) is 0.261. The number of amides is 2. The number of halogens is 1. The maximum atomic E-state index is 13.2. The molecule has 4 heterocycles. The number of Topliss-reactive ketones (excluding diaryl/α,β-unsaturated/α-hetero) is 1. The first-order chi connectivity index (χ1) is 30.2. The molecule has 1 aliphatic heterocycles. The van der Waals surface area contributed by atoms with E-state index in [0.29, 0.717) is 57.7 Å². The molecule has 7 aromatic rings. The lowest BCUT2D eigenvalue weighted by Gasteiger charge is -2.33. The summed E-state index contributed by atoms with van der Waals surface area (Å²) in [5.74, 6) is 1.92. The summed E-state index contributed by atoms with van der Waals surface area (Å²) in [6.45, 7) is 3.12. The molecule has 0 bridgehead atoms. The van der Waals surface area contributed by atoms with Gasteiger partial charge in [-0.1, -0.05) is 41.9 Å². The molecule has 1 fully saturated rings. The highest BCUT2D eigenvalue weighted by atomic mass is 35.5. The molecule has 1 aliphatic rings. The number of ether oxygens (including phenoxy) is 4. The molecule has 4 aromatic carbocycles. The number of piperidine rings is 1. The number of rotatable bonds is 17. The van der Waals surface area contributed by atoms with Crippen LogP contribution in [-0.4, -0.2) is 99.9 Å². The summed E-state index contributed by atoms with van der Waals surface area (Å²) in [5.41, 5.74) is 11.6. The molecule has 0 spiro atoms. The Bertz CT molecular complexity index is 2690. The van der Waals surface area contributed by atoms with Gasteiger partial charge in [-0.2, -0.15) is 5.10 Å². The molecule has 15 nitrogen and oxygen atoms in total. The van der Waals surface area contributed by atoms with Crippen molar-refractivity contribution in [2.45, 2.75) is 25.8 Å². The Morgan fingerprint density at radius 3 is 2.39 bits per heavy atom. The lowest BCUT2D eigenvalue weighted by atomic mass is 10.0. The number of H-pyrrole nitrogens is 1. The Labute approximate surface area is 362 Å². The smallest absolute Gasteiger partial charge is 0.248 e. The maximum Gasteiger partial charge on any atom is 0.248 e. The zero-order valence-corrected chi connectivity index (χ0v) is 34.8. The van der Waals surface area contributed by atoms with Crippen molar-refractivity contribution < 1.29 is 33.3 Å². The highest BCUT2D eigenvalue weighted by molar-refractivity contribution is 6.34. The van der Waals surface area contributed by atoms with E-state index >= 15 is 0 Å². The monoisotopic (exact) mass is 856 g/mol. The number of carbonyl (C=O) groups is 3. The first-order valence-electron chi connectivity index (χ1n) is 20.3. The standard InChI is InChI=1S/C46H45ClN8O7/c1-29(56)38-24-50-40-23-39(47)36(22-37(38)40)30-9-13-33(14-10-30)61-19-17-49-41(57)26-59-20-21-60-27-42(58)54-18-5-6-32(25-54)55-46-43(45(48)51-28-52-46)44(53-55)31-11-15-35(16-12-31)62-34-7-3-2-4-8-34/h2-4,7-16,22-24,28,32,50H,5-6,17-21,25-27H2,1H3,(H,49,57)(H2,48,51,52). The van der Waals surface area contributed by atoms with Gasteiger partial charge in [-0.3, -0.25) is 14.4 Å². The number of para-hydroxylation sites is 1. The van der Waals surface area contributed by atoms with Gasteiger partial charge in [-0.25, -0.2) is 14.6 Å². The first kappa shape index (κ1) is 41.9. The number of nitrogens with two attached hydrogens (primary N) is 1. The number of anilines is 1. The van der Waals surface area contributed by atoms with Crippen LogP contribution in [0.1, 0.15) is 36.2 Å². The SMILES string of the molecule is CC(=O)c1c[nH]c2cc(Cl)c(-c3ccc(OCCNC(=O)COCCOCC(=O)N4CCCC(n5nc(-c6ccc(Oc7ccccc7)cc6)c6c(N)ncnc65)C4)cc3)cc12. The average molecular weight is 857 g/mol. The zero-order valence-electron chi connectivity index (χ0n) is 34.0. The highest BCUT2D eigenvalue weighted by Crippen LogP contribution is 2.36. The largest absolute Gasteiger partial charge is 0.492 e. The zero-order chi connectivity index (χ0) is 43.0. The minimum Gasteiger partial charge on any atom is -0.492 e. The Hall–Kier alpha value is -6.81. The number of aromatic nitrogens is 5. The van der Waals surface area contributed by atoms with Gasteiger partial charge in [0.15, 0.2) is 11.4 Å². The van der Waals surface area contributed by atoms with E-state index in [0.717, 1.165) is 46.2 Å². The van der Waals surface area contributed by atoms with E-state index in [1.165, 1.54) is 13.3 Å². The van der Waals surface area contributed by atoms with Gasteiger partial charge in [0.2, 0.25) is 11.8 Å². The lowest BCUT2D eigenvalue weighted by Crippen LogP contribution is -2.42. The van der Waals surface area contributed by atoms with Crippen LogP contribution in [0.4, 0.5) is 5.82 Å². The van der Waals surface area contributed by atoms with Gasteiger partial charge in [-0.05, 0) is 86.0 Å². The number of aromatic amines is 1. The Balaban J connectivity index is 0.748. The normalized spacial score (nSPS) is 14.0. The van der Waals surface area contributed by atoms with Gasteiger partial charge in [0.25, 0.3) is 0 Å². The van der Waals surface area contributed by atoms with E-state index in [4.69, 9.17) is 41.4 Å². The molecule has 0 radical (unpaired) electrons. The maximum absolute atomic E-state index is 13.2. The second-order valence-corrected chi connectivity index (χ2v) is 15.2. The summed E-state index contributed by atoms with van der Waals surface area (Å²) in [6.07, 6.45) is 4.70. The van der Waals surface area contributed by atoms with Gasteiger partial charge in [0.05, 0.1) is 36.2 Å². The van der Waals surface area contributed by atoms with Crippen LogP contribution in [0.3, 0.4) is 0 Å². The molecule has 8 rings (SSSR count). The van der Waals surface area contributed by atoms with Crippen molar-refractivity contribution in [1.82, 2.24) is 34.9 Å². The van der Waals surface area contributed by atoms with Crippen LogP contribution >= 0.6 is 11.6 Å². The van der Waals surface area contributed by atoms with Crippen LogP contribution in [0.15, 0.2) is 104 Å². The number of hydrogen-bond donors (Lipinski definition) is 3. The van der Waals surface area contributed by atoms with Gasteiger partial charge in [0, 0.05) is 46.9 Å². The Morgan fingerprint density at radius 2 is 1.61 bits per heavy atom. The van der Waals surface area contributed by atoms with E-state index in [1.807, 2.05) is 95.7 Å². The number of benzene rings is 4. The number of carbonyl (C=O) groups excluding carboxylic acids is 3. The Morgan fingerprint density at radius 1 is 0.887 bits per heavy atom. The van der Waals surface area contributed by atoms with Crippen LogP contribution < -0.4 is 20.5 Å². The molecule has 0 aliphatic carbocycles. The van der Waals surface area contributed by atoms with Crippen LogP contribution in [-0.2, 0) is 19.1 Å². The van der Waals surface area contributed by atoms with Crippen molar-refractivity contribution in [3.05, 3.63) is 114 Å². The highest BCUT2D eigenvalue weighted by Gasteiger charge is 2.29. The molecule has 1 unspecified atom stereocenters. The third-order valence-electron chi connectivity index (χ3n) is 10.6. The van der Waals surface area contributed by atoms with Gasteiger partial charge in [-0.15, -0.1) is 0 Å². The molecule has 2 amide bonds. The predicted molar refractivity (Wildman–Crippen MR) is 235 cm³/mol. The molecule has 4 N–H and O–H groups in total. The topological polar surface area (TPSA) is 189 Å². The van der Waals surface area contributed by atoms with Crippen molar-refractivity contribution >= 4 is 57.0 Å². The molecule has 318 valence electrons. The first-order valence-corrected chi connectivity index (χ1v) is 20.7. The molecule has 16 heteroatoms. The van der Waals surface area contributed by atoms with Crippen LogP contribution in [0.25, 0.3) is 44.3 Å². The summed E-state index contributed by atoms with van der Waals surface area (Å²) in [4.78, 5) is 51.2. The number of fused-ring (bicyclic) bond motifs is 2. The lowest BCUT2D eigenvalue weighted by molar-refractivity contribution is -0.139. The Kier molecular flexibility index (Phi) is 13.0. The number of nitrogens with zero attached hydrogens (tertiary/aromatic N) is 5. The van der Waals surface area contributed by atoms with Crippen molar-refractivity contribution in [3.8, 4) is 39.6 Å². The summed E-state index contributed by atoms with van der Waals surface area (Å²) in [7, 11) is 0. The molecule has 1 saturated heterocycles. The number of nitrogen functional groups attached to an aromatic ring is 1. The van der Waals surface area contributed by atoms with Crippen molar-refractivity contribution in [3.63, 3.8) is 0 Å². The van der Waals surface area contributed by atoms with Gasteiger partial charge >= 0.3 is 0 Å². The molecule has 1 atom stereocenters. The molecule has 3 aromatic heterocycles. The van der Waals surface area contributed by atoms with E-state index in [1.54, 1.807) is 11.1 Å². The summed E-state index contributed by atoms with van der Waals surface area (Å²) >= 11 is 6.55. The molecular weight excluding hydrogens is 812 g/mol. The van der Waals surface area contributed by atoms with Gasteiger partial charge in [0.1, 0.15) is 54.9 Å². The van der Waals surface area contributed by atoms with E-state index in [2.05, 4.69) is 20.3 Å². The minimum absolute atomic E-state index is 0.0254. The summed E-state index contributed by atoms with van der Waals surface area (Å²) < 4.78 is 24.7. The predicted octanol–water partition coefficient (Wildman–Crippen LogP) is 7.26. The summed E-state index contributed by atoms with van der Waals surface area (Å²) in [5, 5.41) is 9.78. The second-order valence-electron chi connectivity index (χ2n) is 14.8. The quantitative estimate of drug-likeness (QED) is 0.0618. The van der Waals surface area contributed by atoms with E-state index in [-0.39, 0.29) is 63.2 Å². The molecule has 0 saturated carbocycles.